The minimum Gasteiger partial charge on any atom is -0.258 e. The molecule has 2 aromatic rings. The Labute approximate surface area is 99.5 Å². The minimum atomic E-state index is -0.510. The lowest BCUT2D eigenvalue weighted by Gasteiger charge is -2.05. The van der Waals surface area contributed by atoms with E-state index in [1.54, 1.807) is 6.92 Å². The molecule has 0 bridgehead atoms. The lowest BCUT2D eigenvalue weighted by molar-refractivity contribution is 0.615. The van der Waals surface area contributed by atoms with E-state index < -0.39 is 11.6 Å². The third kappa shape index (κ3) is 2.09. The van der Waals surface area contributed by atoms with Crippen LogP contribution in [0.3, 0.4) is 0 Å². The average molecular weight is 285 g/mol. The Balaban J connectivity index is 2.62. The largest absolute Gasteiger partial charge is 0.258 e. The van der Waals surface area contributed by atoms with Gasteiger partial charge in [-0.1, -0.05) is 0 Å². The first-order valence-electron chi connectivity index (χ1n) is 4.51. The van der Waals surface area contributed by atoms with Gasteiger partial charge in [0.25, 0.3) is 0 Å². The summed E-state index contributed by atoms with van der Waals surface area (Å²) in [5.74, 6) is -1.02. The molecule has 2 heterocycles. The van der Waals surface area contributed by atoms with Gasteiger partial charge >= 0.3 is 0 Å². The van der Waals surface area contributed by atoms with E-state index in [2.05, 4.69) is 25.9 Å². The molecule has 16 heavy (non-hydrogen) atoms. The number of hydrogen-bond donors (Lipinski definition) is 0. The van der Waals surface area contributed by atoms with Crippen LogP contribution < -0.4 is 0 Å². The quantitative estimate of drug-likeness (QED) is 0.801. The number of rotatable bonds is 1. The molecule has 2 nitrogen and oxygen atoms in total. The first kappa shape index (κ1) is 11.1. The molecule has 0 aliphatic heterocycles. The molecule has 5 heteroatoms. The lowest BCUT2D eigenvalue weighted by atomic mass is 10.1. The van der Waals surface area contributed by atoms with E-state index in [1.165, 1.54) is 18.3 Å². The average Bonchev–Trinajstić information content (AvgIpc) is 2.22. The maximum atomic E-state index is 13.6. The van der Waals surface area contributed by atoms with Crippen molar-refractivity contribution in [2.75, 3.05) is 0 Å². The van der Waals surface area contributed by atoms with Crippen molar-refractivity contribution in [2.24, 2.45) is 0 Å². The summed E-state index contributed by atoms with van der Waals surface area (Å²) in [7, 11) is 0. The summed E-state index contributed by atoms with van der Waals surface area (Å²) >= 11 is 3.11. The number of nitrogens with zero attached hydrogens (tertiary/aromatic N) is 2. The van der Waals surface area contributed by atoms with Crippen LogP contribution in [0, 0.1) is 18.6 Å². The smallest absolute Gasteiger partial charge is 0.150 e. The van der Waals surface area contributed by atoms with Gasteiger partial charge in [-0.3, -0.25) is 9.97 Å². The summed E-state index contributed by atoms with van der Waals surface area (Å²) in [4.78, 5) is 7.75. The van der Waals surface area contributed by atoms with E-state index in [0.717, 1.165) is 6.20 Å². The number of aryl methyl sites for hydroxylation is 1. The SMILES string of the molecule is Cc1ncc(F)cc1-c1ncc(Br)cc1F. The summed E-state index contributed by atoms with van der Waals surface area (Å²) in [6, 6.07) is 2.51. The first-order valence-corrected chi connectivity index (χ1v) is 5.31. The number of pyridine rings is 2. The fourth-order valence-corrected chi connectivity index (χ4v) is 1.66. The van der Waals surface area contributed by atoms with Crippen LogP contribution in [-0.4, -0.2) is 9.97 Å². The van der Waals surface area contributed by atoms with Crippen LogP contribution in [-0.2, 0) is 0 Å². The molecule has 82 valence electrons. The third-order valence-corrected chi connectivity index (χ3v) is 2.55. The van der Waals surface area contributed by atoms with Crippen molar-refractivity contribution in [3.63, 3.8) is 0 Å². The molecule has 0 saturated heterocycles. The zero-order valence-corrected chi connectivity index (χ0v) is 9.92. The normalized spacial score (nSPS) is 10.5. The van der Waals surface area contributed by atoms with Crippen molar-refractivity contribution >= 4 is 15.9 Å². The summed E-state index contributed by atoms with van der Waals surface area (Å²) in [6.07, 6.45) is 2.55. The molecule has 2 rings (SSSR count). The third-order valence-electron chi connectivity index (χ3n) is 2.12. The summed E-state index contributed by atoms with van der Waals surface area (Å²) in [5.41, 5.74) is 1.01. The van der Waals surface area contributed by atoms with Gasteiger partial charge in [0.15, 0.2) is 5.82 Å². The Morgan fingerprint density at radius 2 is 1.88 bits per heavy atom. The van der Waals surface area contributed by atoms with E-state index in [4.69, 9.17) is 0 Å². The fraction of sp³-hybridized carbons (Fsp3) is 0.0909. The second-order valence-electron chi connectivity index (χ2n) is 3.27. The molecule has 0 aliphatic rings. The number of hydrogen-bond acceptors (Lipinski definition) is 2. The highest BCUT2D eigenvalue weighted by Crippen LogP contribution is 2.25. The van der Waals surface area contributed by atoms with Crippen LogP contribution in [0.15, 0.2) is 29.0 Å². The van der Waals surface area contributed by atoms with Crippen LogP contribution in [0.1, 0.15) is 5.69 Å². The molecule has 0 atom stereocenters. The zero-order chi connectivity index (χ0) is 11.7. The maximum Gasteiger partial charge on any atom is 0.150 e. The Morgan fingerprint density at radius 3 is 2.56 bits per heavy atom. The van der Waals surface area contributed by atoms with E-state index in [9.17, 15) is 8.78 Å². The van der Waals surface area contributed by atoms with Gasteiger partial charge < -0.3 is 0 Å². The Morgan fingerprint density at radius 1 is 1.12 bits per heavy atom. The van der Waals surface area contributed by atoms with Crippen molar-refractivity contribution in [3.8, 4) is 11.3 Å². The summed E-state index contributed by atoms with van der Waals surface area (Å²) < 4.78 is 27.2. The molecule has 0 N–H and O–H groups in total. The molecule has 0 amide bonds. The molecule has 0 aliphatic carbocycles. The predicted octanol–water partition coefficient (Wildman–Crippen LogP) is 3.49. The number of aromatic nitrogens is 2. The maximum absolute atomic E-state index is 13.6. The Kier molecular flexibility index (Phi) is 2.96. The van der Waals surface area contributed by atoms with Crippen molar-refractivity contribution < 1.29 is 8.78 Å². The van der Waals surface area contributed by atoms with Gasteiger partial charge in [0.2, 0.25) is 0 Å². The van der Waals surface area contributed by atoms with Crippen molar-refractivity contribution in [2.45, 2.75) is 6.92 Å². The zero-order valence-electron chi connectivity index (χ0n) is 8.34. The highest BCUT2D eigenvalue weighted by molar-refractivity contribution is 9.10. The predicted molar refractivity (Wildman–Crippen MR) is 59.8 cm³/mol. The van der Waals surface area contributed by atoms with E-state index >= 15 is 0 Å². The molecular weight excluding hydrogens is 278 g/mol. The highest BCUT2D eigenvalue weighted by Gasteiger charge is 2.11. The van der Waals surface area contributed by atoms with E-state index in [1.807, 2.05) is 0 Å². The van der Waals surface area contributed by atoms with Crippen molar-refractivity contribution in [3.05, 3.63) is 46.3 Å². The molecule has 0 fully saturated rings. The molecule has 2 aromatic heterocycles. The van der Waals surface area contributed by atoms with E-state index in [0.29, 0.717) is 15.7 Å². The molecule has 0 aromatic carbocycles. The van der Waals surface area contributed by atoms with Gasteiger partial charge in [0, 0.05) is 21.9 Å². The van der Waals surface area contributed by atoms with Gasteiger partial charge in [-0.2, -0.15) is 0 Å². The van der Waals surface area contributed by atoms with Gasteiger partial charge in [-0.15, -0.1) is 0 Å². The van der Waals surface area contributed by atoms with Crippen molar-refractivity contribution in [1.82, 2.24) is 9.97 Å². The molecular formula is C11H7BrF2N2. The first-order chi connectivity index (χ1) is 7.58. The fourth-order valence-electron chi connectivity index (χ4n) is 1.36. The van der Waals surface area contributed by atoms with Gasteiger partial charge in [-0.05, 0) is 35.0 Å². The molecule has 0 spiro atoms. The van der Waals surface area contributed by atoms with Crippen LogP contribution >= 0.6 is 15.9 Å². The van der Waals surface area contributed by atoms with Crippen LogP contribution in [0.2, 0.25) is 0 Å². The highest BCUT2D eigenvalue weighted by atomic mass is 79.9. The monoisotopic (exact) mass is 284 g/mol. The van der Waals surface area contributed by atoms with Gasteiger partial charge in [0.1, 0.15) is 11.5 Å². The molecule has 0 saturated carbocycles. The second-order valence-corrected chi connectivity index (χ2v) is 4.19. The van der Waals surface area contributed by atoms with Gasteiger partial charge in [0.05, 0.1) is 6.20 Å². The Bertz CT molecular complexity index is 544. The van der Waals surface area contributed by atoms with Crippen LogP contribution in [0.4, 0.5) is 8.78 Å². The van der Waals surface area contributed by atoms with Crippen LogP contribution in [0.5, 0.6) is 0 Å². The molecule has 0 unspecified atom stereocenters. The topological polar surface area (TPSA) is 25.8 Å². The summed E-state index contributed by atoms with van der Waals surface area (Å²) in [6.45, 7) is 1.68. The standard InChI is InChI=1S/C11H7BrF2N2/c1-6-9(3-8(13)5-15-6)11-10(14)2-7(12)4-16-11/h2-5H,1H3. The van der Waals surface area contributed by atoms with Crippen molar-refractivity contribution in [1.29, 1.82) is 0 Å². The lowest BCUT2D eigenvalue weighted by Crippen LogP contribution is -1.95. The van der Waals surface area contributed by atoms with E-state index in [-0.39, 0.29) is 5.69 Å². The minimum absolute atomic E-state index is 0.104. The van der Waals surface area contributed by atoms with Gasteiger partial charge in [-0.25, -0.2) is 8.78 Å². The second kappa shape index (κ2) is 4.25. The molecule has 0 radical (unpaired) electrons. The number of halogens is 3. The Hall–Kier alpha value is -1.36. The van der Waals surface area contributed by atoms with Crippen LogP contribution in [0.25, 0.3) is 11.3 Å². The summed E-state index contributed by atoms with van der Waals surface area (Å²) in [5, 5.41) is 0.